The summed E-state index contributed by atoms with van der Waals surface area (Å²) in [5, 5.41) is 12.1. The molecule has 2 N–H and O–H groups in total. The summed E-state index contributed by atoms with van der Waals surface area (Å²) in [6.07, 6.45) is 1.33. The van der Waals surface area contributed by atoms with Gasteiger partial charge in [-0.25, -0.2) is 0 Å². The Morgan fingerprint density at radius 3 is 2.88 bits per heavy atom. The number of rotatable bonds is 5. The van der Waals surface area contributed by atoms with Gasteiger partial charge in [-0.3, -0.25) is 4.79 Å². The summed E-state index contributed by atoms with van der Waals surface area (Å²) >= 11 is 9.26. The van der Waals surface area contributed by atoms with Gasteiger partial charge in [0.05, 0.1) is 10.6 Å². The number of amides is 1. The highest BCUT2D eigenvalue weighted by Crippen LogP contribution is 2.21. The van der Waals surface area contributed by atoms with Crippen LogP contribution in [0.15, 0.2) is 22.7 Å². The van der Waals surface area contributed by atoms with Crippen LogP contribution in [0.2, 0.25) is 5.02 Å². The van der Waals surface area contributed by atoms with Crippen molar-refractivity contribution in [2.24, 2.45) is 0 Å². The number of benzene rings is 1. The van der Waals surface area contributed by atoms with Crippen molar-refractivity contribution in [2.45, 2.75) is 25.8 Å². The van der Waals surface area contributed by atoms with E-state index in [9.17, 15) is 4.79 Å². The number of halogens is 2. The molecule has 0 bridgehead atoms. The minimum atomic E-state index is -0.211. The molecule has 0 aliphatic carbocycles. The highest BCUT2D eigenvalue weighted by atomic mass is 79.9. The molecule has 1 atom stereocenters. The lowest BCUT2D eigenvalue weighted by Crippen LogP contribution is -2.35. The van der Waals surface area contributed by atoms with Gasteiger partial charge in [-0.1, -0.05) is 34.5 Å². The quantitative estimate of drug-likeness (QED) is 0.876. The molecule has 1 amide bonds. The van der Waals surface area contributed by atoms with Crippen LogP contribution in [0.4, 0.5) is 0 Å². The van der Waals surface area contributed by atoms with E-state index in [1.54, 1.807) is 18.2 Å². The smallest absolute Gasteiger partial charge is 0.253 e. The second kappa shape index (κ2) is 6.99. The molecule has 3 nitrogen and oxygen atoms in total. The summed E-state index contributed by atoms with van der Waals surface area (Å²) in [6, 6.07) is 5.11. The number of hydrogen-bond donors (Lipinski definition) is 2. The molecular formula is C12H15BrClNO2. The lowest BCUT2D eigenvalue weighted by molar-refractivity contribution is 0.0929. The van der Waals surface area contributed by atoms with E-state index in [4.69, 9.17) is 16.7 Å². The average Bonchev–Trinajstić information content (AvgIpc) is 2.31. The van der Waals surface area contributed by atoms with Crippen LogP contribution in [0, 0.1) is 0 Å². The van der Waals surface area contributed by atoms with Gasteiger partial charge in [-0.15, -0.1) is 0 Å². The predicted octanol–water partition coefficient (Wildman–Crippen LogP) is 2.99. The highest BCUT2D eigenvalue weighted by Gasteiger charge is 2.14. The fraction of sp³-hybridized carbons (Fsp3) is 0.417. The van der Waals surface area contributed by atoms with E-state index in [2.05, 4.69) is 21.2 Å². The molecule has 1 rings (SSSR count). The van der Waals surface area contributed by atoms with E-state index in [0.717, 1.165) is 10.9 Å². The first kappa shape index (κ1) is 14.5. The Balaban J connectivity index is 2.78. The summed E-state index contributed by atoms with van der Waals surface area (Å²) in [5.41, 5.74) is 0.442. The van der Waals surface area contributed by atoms with Crippen molar-refractivity contribution in [3.05, 3.63) is 33.3 Å². The summed E-state index contributed by atoms with van der Waals surface area (Å²) in [7, 11) is 0. The highest BCUT2D eigenvalue weighted by molar-refractivity contribution is 9.10. The van der Waals surface area contributed by atoms with Gasteiger partial charge < -0.3 is 10.4 Å². The molecule has 0 spiro atoms. The van der Waals surface area contributed by atoms with E-state index < -0.39 is 0 Å². The molecule has 0 fully saturated rings. The summed E-state index contributed by atoms with van der Waals surface area (Å²) < 4.78 is 0.808. The van der Waals surface area contributed by atoms with Crippen molar-refractivity contribution in [3.63, 3.8) is 0 Å². The standard InChI is InChI=1S/C12H15BrClNO2/c1-2-9(5-6-16)15-12(17)10-7-8(13)3-4-11(10)14/h3-4,7,9,16H,2,5-6H2,1H3,(H,15,17). The SMILES string of the molecule is CCC(CCO)NC(=O)c1cc(Br)ccc1Cl. The Bertz CT molecular complexity index is 398. The Morgan fingerprint density at radius 1 is 1.59 bits per heavy atom. The van der Waals surface area contributed by atoms with E-state index >= 15 is 0 Å². The Morgan fingerprint density at radius 2 is 2.29 bits per heavy atom. The first-order valence-corrected chi connectivity index (χ1v) is 6.62. The molecule has 17 heavy (non-hydrogen) atoms. The van der Waals surface area contributed by atoms with Gasteiger partial charge >= 0.3 is 0 Å². The molecule has 0 saturated heterocycles. The third-order valence-electron chi connectivity index (χ3n) is 2.48. The fourth-order valence-corrected chi connectivity index (χ4v) is 2.03. The van der Waals surface area contributed by atoms with Gasteiger partial charge in [0.1, 0.15) is 0 Å². The third kappa shape index (κ3) is 4.30. The molecular weight excluding hydrogens is 305 g/mol. The van der Waals surface area contributed by atoms with Gasteiger partial charge in [-0.2, -0.15) is 0 Å². The largest absolute Gasteiger partial charge is 0.396 e. The van der Waals surface area contributed by atoms with Crippen molar-refractivity contribution in [1.29, 1.82) is 0 Å². The van der Waals surface area contributed by atoms with E-state index in [1.807, 2.05) is 6.92 Å². The molecule has 0 radical (unpaired) electrons. The van der Waals surface area contributed by atoms with Crippen molar-refractivity contribution in [2.75, 3.05) is 6.61 Å². The van der Waals surface area contributed by atoms with Crippen LogP contribution in [0.25, 0.3) is 0 Å². The Labute approximate surface area is 114 Å². The summed E-state index contributed by atoms with van der Waals surface area (Å²) in [4.78, 5) is 12.0. The number of carbonyl (C=O) groups is 1. The number of aliphatic hydroxyl groups is 1. The van der Waals surface area contributed by atoms with Crippen molar-refractivity contribution in [3.8, 4) is 0 Å². The lowest BCUT2D eigenvalue weighted by atomic mass is 10.1. The first-order valence-electron chi connectivity index (χ1n) is 5.45. The number of hydrogen-bond acceptors (Lipinski definition) is 2. The molecule has 5 heteroatoms. The zero-order chi connectivity index (χ0) is 12.8. The van der Waals surface area contributed by atoms with Gasteiger partial charge in [0.25, 0.3) is 5.91 Å². The van der Waals surface area contributed by atoms with Gasteiger partial charge in [-0.05, 0) is 31.0 Å². The van der Waals surface area contributed by atoms with Crippen LogP contribution < -0.4 is 5.32 Å². The molecule has 0 aliphatic rings. The number of carbonyl (C=O) groups excluding carboxylic acids is 1. The molecule has 0 aromatic heterocycles. The molecule has 94 valence electrons. The molecule has 0 heterocycles. The van der Waals surface area contributed by atoms with Crippen LogP contribution in [0.5, 0.6) is 0 Å². The Kier molecular flexibility index (Phi) is 5.95. The molecule has 1 unspecified atom stereocenters. The topological polar surface area (TPSA) is 49.3 Å². The van der Waals surface area contributed by atoms with Crippen LogP contribution in [0.3, 0.4) is 0 Å². The average molecular weight is 321 g/mol. The molecule has 1 aromatic rings. The van der Waals surface area contributed by atoms with E-state index in [1.165, 1.54) is 0 Å². The third-order valence-corrected chi connectivity index (χ3v) is 3.30. The molecule has 0 saturated carbocycles. The monoisotopic (exact) mass is 319 g/mol. The van der Waals surface area contributed by atoms with Crippen LogP contribution >= 0.6 is 27.5 Å². The number of nitrogens with one attached hydrogen (secondary N) is 1. The minimum Gasteiger partial charge on any atom is -0.396 e. The minimum absolute atomic E-state index is 0.0254. The zero-order valence-corrected chi connectivity index (χ0v) is 11.9. The maximum atomic E-state index is 12.0. The van der Waals surface area contributed by atoms with Gasteiger partial charge in [0, 0.05) is 17.1 Å². The van der Waals surface area contributed by atoms with Crippen molar-refractivity contribution >= 4 is 33.4 Å². The summed E-state index contributed by atoms with van der Waals surface area (Å²) in [5.74, 6) is -0.211. The normalized spacial score (nSPS) is 12.2. The van der Waals surface area contributed by atoms with Crippen LogP contribution in [0.1, 0.15) is 30.1 Å². The van der Waals surface area contributed by atoms with Crippen LogP contribution in [-0.4, -0.2) is 23.7 Å². The van der Waals surface area contributed by atoms with E-state index in [-0.39, 0.29) is 18.6 Å². The Hall–Kier alpha value is -0.580. The lowest BCUT2D eigenvalue weighted by Gasteiger charge is -2.16. The second-order valence-electron chi connectivity index (χ2n) is 3.72. The van der Waals surface area contributed by atoms with E-state index in [0.29, 0.717) is 17.0 Å². The maximum Gasteiger partial charge on any atom is 0.253 e. The first-order chi connectivity index (χ1) is 8.08. The fourth-order valence-electron chi connectivity index (χ4n) is 1.47. The molecule has 1 aromatic carbocycles. The van der Waals surface area contributed by atoms with Crippen molar-refractivity contribution < 1.29 is 9.90 Å². The van der Waals surface area contributed by atoms with Crippen molar-refractivity contribution in [1.82, 2.24) is 5.32 Å². The maximum absolute atomic E-state index is 12.0. The summed E-state index contributed by atoms with van der Waals surface area (Å²) in [6.45, 7) is 2.02. The van der Waals surface area contributed by atoms with Gasteiger partial charge in [0.15, 0.2) is 0 Å². The van der Waals surface area contributed by atoms with Crippen LogP contribution in [-0.2, 0) is 0 Å². The second-order valence-corrected chi connectivity index (χ2v) is 5.04. The zero-order valence-electron chi connectivity index (χ0n) is 9.54. The molecule has 0 aliphatic heterocycles. The number of aliphatic hydroxyl groups excluding tert-OH is 1. The predicted molar refractivity (Wildman–Crippen MR) is 72.4 cm³/mol. The van der Waals surface area contributed by atoms with Gasteiger partial charge in [0.2, 0.25) is 0 Å².